The number of hydrogen-bond acceptors (Lipinski definition) is 5. The first kappa shape index (κ1) is 18.2. The van der Waals surface area contributed by atoms with E-state index in [-0.39, 0.29) is 11.2 Å². The van der Waals surface area contributed by atoms with Crippen LogP contribution in [0.3, 0.4) is 0 Å². The molecule has 1 atom stereocenters. The fraction of sp³-hybridized carbons (Fsp3) is 0.250. The molecular weight excluding hydrogens is 346 g/mol. The molecule has 26 heavy (non-hydrogen) atoms. The summed E-state index contributed by atoms with van der Waals surface area (Å²) in [6.45, 7) is 3.94. The molecule has 1 amide bonds. The zero-order valence-electron chi connectivity index (χ0n) is 15.0. The van der Waals surface area contributed by atoms with Crippen LogP contribution in [0.2, 0.25) is 0 Å². The predicted octanol–water partition coefficient (Wildman–Crippen LogP) is 3.56. The van der Waals surface area contributed by atoms with Crippen molar-refractivity contribution in [2.24, 2.45) is 10.2 Å². The van der Waals surface area contributed by atoms with Crippen LogP contribution >= 0.6 is 11.8 Å². The van der Waals surface area contributed by atoms with E-state index in [1.165, 1.54) is 17.3 Å². The molecule has 5 nitrogen and oxygen atoms in total. The molecule has 1 aliphatic heterocycles. The van der Waals surface area contributed by atoms with Crippen molar-refractivity contribution in [1.29, 1.82) is 0 Å². The molecule has 3 rings (SSSR count). The quantitative estimate of drug-likeness (QED) is 0.649. The number of nitrogens with zero attached hydrogens (tertiary/aromatic N) is 2. The van der Waals surface area contributed by atoms with Gasteiger partial charge in [-0.05, 0) is 55.7 Å². The molecule has 0 radical (unpaired) electrons. The second-order valence-corrected chi connectivity index (χ2v) is 7.30. The second-order valence-electron chi connectivity index (χ2n) is 6.10. The average molecular weight is 367 g/mol. The van der Waals surface area contributed by atoms with E-state index in [1.807, 2.05) is 31.2 Å². The van der Waals surface area contributed by atoms with Gasteiger partial charge in [0.1, 0.15) is 5.75 Å². The molecule has 134 valence electrons. The molecule has 1 unspecified atom stereocenters. The van der Waals surface area contributed by atoms with E-state index in [0.29, 0.717) is 11.6 Å². The number of methoxy groups -OCH3 is 1. The van der Waals surface area contributed by atoms with Gasteiger partial charge in [-0.25, -0.2) is 0 Å². The number of nitrogens with one attached hydrogen (secondary N) is 1. The summed E-state index contributed by atoms with van der Waals surface area (Å²) in [5.41, 5.74) is 4.09. The van der Waals surface area contributed by atoms with Crippen molar-refractivity contribution in [2.45, 2.75) is 25.5 Å². The molecule has 1 fully saturated rings. The third-order valence-corrected chi connectivity index (χ3v) is 5.19. The Hall–Kier alpha value is -2.60. The molecular formula is C20H21N3O2S. The van der Waals surface area contributed by atoms with Crippen LogP contribution in [0.25, 0.3) is 0 Å². The largest absolute Gasteiger partial charge is 0.497 e. The van der Waals surface area contributed by atoms with Gasteiger partial charge >= 0.3 is 0 Å². The predicted molar refractivity (Wildman–Crippen MR) is 107 cm³/mol. The molecule has 0 aliphatic carbocycles. The van der Waals surface area contributed by atoms with E-state index in [2.05, 4.69) is 46.7 Å². The van der Waals surface area contributed by atoms with Gasteiger partial charge in [-0.1, -0.05) is 41.6 Å². The summed E-state index contributed by atoms with van der Waals surface area (Å²) in [5, 5.41) is 11.6. The molecule has 0 spiro atoms. The summed E-state index contributed by atoms with van der Waals surface area (Å²) in [7, 11) is 1.63. The maximum Gasteiger partial charge on any atom is 0.239 e. The summed E-state index contributed by atoms with van der Waals surface area (Å²) in [4.78, 5) is 12.2. The maximum absolute atomic E-state index is 12.2. The van der Waals surface area contributed by atoms with Gasteiger partial charge in [0.25, 0.3) is 0 Å². The van der Waals surface area contributed by atoms with E-state index in [4.69, 9.17) is 4.74 Å². The first-order chi connectivity index (χ1) is 12.5. The van der Waals surface area contributed by atoms with Crippen molar-refractivity contribution in [3.63, 3.8) is 0 Å². The molecule has 1 aliphatic rings. The van der Waals surface area contributed by atoms with Crippen LogP contribution in [0.5, 0.6) is 5.75 Å². The first-order valence-corrected chi connectivity index (χ1v) is 9.23. The SMILES string of the molecule is COc1ccc(C(C)=N/N=C2\NC(=O)C(Cc3ccc(C)cc3)S2)cc1. The summed E-state index contributed by atoms with van der Waals surface area (Å²) in [5.74, 6) is 0.775. The Balaban J connectivity index is 1.65. The highest BCUT2D eigenvalue weighted by Gasteiger charge is 2.30. The highest BCUT2D eigenvalue weighted by molar-refractivity contribution is 8.15. The number of carbonyl (C=O) groups is 1. The van der Waals surface area contributed by atoms with Gasteiger partial charge in [0, 0.05) is 0 Å². The monoisotopic (exact) mass is 367 g/mol. The molecule has 1 saturated heterocycles. The van der Waals surface area contributed by atoms with Gasteiger partial charge < -0.3 is 10.1 Å². The molecule has 0 saturated carbocycles. The van der Waals surface area contributed by atoms with Crippen molar-refractivity contribution >= 4 is 28.5 Å². The van der Waals surface area contributed by atoms with Crippen molar-refractivity contribution in [3.05, 3.63) is 65.2 Å². The van der Waals surface area contributed by atoms with Crippen molar-refractivity contribution in [2.75, 3.05) is 7.11 Å². The zero-order valence-corrected chi connectivity index (χ0v) is 15.8. The minimum absolute atomic E-state index is 0.0216. The Kier molecular flexibility index (Phi) is 5.73. The van der Waals surface area contributed by atoms with Gasteiger partial charge in [-0.3, -0.25) is 4.79 Å². The number of ether oxygens (including phenoxy) is 1. The topological polar surface area (TPSA) is 63.1 Å². The van der Waals surface area contributed by atoms with E-state index in [9.17, 15) is 4.79 Å². The summed E-state index contributed by atoms with van der Waals surface area (Å²) >= 11 is 1.42. The van der Waals surface area contributed by atoms with Crippen LogP contribution in [-0.4, -0.2) is 29.1 Å². The normalized spacial score (nSPS) is 18.9. The average Bonchev–Trinajstić information content (AvgIpc) is 3.01. The van der Waals surface area contributed by atoms with Gasteiger partial charge in [0.05, 0.1) is 18.1 Å². The van der Waals surface area contributed by atoms with E-state index in [0.717, 1.165) is 22.6 Å². The van der Waals surface area contributed by atoms with Crippen LogP contribution in [0.4, 0.5) is 0 Å². The lowest BCUT2D eigenvalue weighted by Gasteiger charge is -2.05. The van der Waals surface area contributed by atoms with Gasteiger partial charge in [-0.15, -0.1) is 5.10 Å². The van der Waals surface area contributed by atoms with Crippen molar-refractivity contribution in [3.8, 4) is 5.75 Å². The number of benzene rings is 2. The highest BCUT2D eigenvalue weighted by Crippen LogP contribution is 2.23. The second kappa shape index (κ2) is 8.19. The van der Waals surface area contributed by atoms with Crippen molar-refractivity contribution in [1.82, 2.24) is 5.32 Å². The minimum atomic E-state index is -0.173. The first-order valence-electron chi connectivity index (χ1n) is 8.35. The van der Waals surface area contributed by atoms with Crippen LogP contribution in [-0.2, 0) is 11.2 Å². The van der Waals surface area contributed by atoms with Crippen LogP contribution in [0, 0.1) is 6.92 Å². The van der Waals surface area contributed by atoms with Crippen LogP contribution in [0.15, 0.2) is 58.7 Å². The zero-order chi connectivity index (χ0) is 18.5. The van der Waals surface area contributed by atoms with Crippen molar-refractivity contribution < 1.29 is 9.53 Å². The standard InChI is InChI=1S/C20H21N3O2S/c1-13-4-6-15(7-5-13)12-18-19(24)21-20(26-18)23-22-14(2)16-8-10-17(25-3)11-9-16/h4-11,18H,12H2,1-3H3,(H,21,23,24). The van der Waals surface area contributed by atoms with E-state index >= 15 is 0 Å². The molecule has 2 aromatic carbocycles. The third-order valence-electron chi connectivity index (χ3n) is 4.12. The summed E-state index contributed by atoms with van der Waals surface area (Å²) in [6, 6.07) is 15.9. The number of rotatable bonds is 5. The molecule has 1 N–H and O–H groups in total. The van der Waals surface area contributed by atoms with E-state index in [1.54, 1.807) is 7.11 Å². The molecule has 0 bridgehead atoms. The Morgan fingerprint density at radius 2 is 1.85 bits per heavy atom. The maximum atomic E-state index is 12.2. The van der Waals surface area contributed by atoms with Gasteiger partial charge in [-0.2, -0.15) is 5.10 Å². The number of thioether (sulfide) groups is 1. The Morgan fingerprint density at radius 3 is 2.50 bits per heavy atom. The van der Waals surface area contributed by atoms with Gasteiger partial charge in [0.15, 0.2) is 5.17 Å². The fourth-order valence-electron chi connectivity index (χ4n) is 2.54. The number of amidine groups is 1. The number of aryl methyl sites for hydroxylation is 1. The molecule has 2 aromatic rings. The Morgan fingerprint density at radius 1 is 1.15 bits per heavy atom. The Labute approximate surface area is 157 Å². The summed E-state index contributed by atoms with van der Waals surface area (Å²) in [6.07, 6.45) is 0.678. The minimum Gasteiger partial charge on any atom is -0.497 e. The smallest absolute Gasteiger partial charge is 0.239 e. The lowest BCUT2D eigenvalue weighted by molar-refractivity contribution is -0.118. The Bertz CT molecular complexity index is 842. The fourth-order valence-corrected chi connectivity index (χ4v) is 3.49. The van der Waals surface area contributed by atoms with Crippen LogP contribution < -0.4 is 10.1 Å². The third kappa shape index (κ3) is 4.52. The van der Waals surface area contributed by atoms with Crippen LogP contribution in [0.1, 0.15) is 23.6 Å². The molecule has 0 aromatic heterocycles. The highest BCUT2D eigenvalue weighted by atomic mass is 32.2. The molecule has 1 heterocycles. The lowest BCUT2D eigenvalue weighted by Crippen LogP contribution is -2.25. The lowest BCUT2D eigenvalue weighted by atomic mass is 10.1. The number of amides is 1. The number of hydrogen-bond donors (Lipinski definition) is 1. The van der Waals surface area contributed by atoms with E-state index < -0.39 is 0 Å². The summed E-state index contributed by atoms with van der Waals surface area (Å²) < 4.78 is 5.15. The van der Waals surface area contributed by atoms with Gasteiger partial charge in [0.2, 0.25) is 5.91 Å². The molecule has 6 heteroatoms. The number of carbonyl (C=O) groups excluding carboxylic acids is 1.